The molecule has 0 aliphatic rings. The van der Waals surface area contributed by atoms with Crippen molar-refractivity contribution in [2.45, 2.75) is 13.0 Å². The molecule has 0 amide bonds. The van der Waals surface area contributed by atoms with Crippen LogP contribution in [0.1, 0.15) is 18.5 Å². The minimum atomic E-state index is 0.102. The van der Waals surface area contributed by atoms with Crippen LogP contribution in [0.4, 0.5) is 11.6 Å². The number of nitrogen functional groups attached to an aromatic ring is 1. The summed E-state index contributed by atoms with van der Waals surface area (Å²) in [5.41, 5.74) is 7.52. The summed E-state index contributed by atoms with van der Waals surface area (Å²) in [7, 11) is 0. The molecule has 0 unspecified atom stereocenters. The lowest BCUT2D eigenvalue weighted by atomic mass is 10.0. The van der Waals surface area contributed by atoms with E-state index in [1.807, 2.05) is 6.07 Å². The fourth-order valence-electron chi connectivity index (χ4n) is 2.84. The fraction of sp³-hybridized carbons (Fsp3) is 0.105. The Kier molecular flexibility index (Phi) is 3.46. The van der Waals surface area contributed by atoms with Crippen LogP contribution in [0.5, 0.6) is 0 Å². The summed E-state index contributed by atoms with van der Waals surface area (Å²) < 4.78 is 0. The Morgan fingerprint density at radius 2 is 1.79 bits per heavy atom. The van der Waals surface area contributed by atoms with Gasteiger partial charge in [-0.15, -0.1) is 0 Å². The normalized spacial score (nSPS) is 12.4. The van der Waals surface area contributed by atoms with E-state index in [2.05, 4.69) is 69.7 Å². The average Bonchev–Trinajstić information content (AvgIpc) is 2.61. The number of nitrogens with one attached hydrogen (secondary N) is 1. The molecule has 0 aliphatic carbocycles. The van der Waals surface area contributed by atoms with Gasteiger partial charge in [0.2, 0.25) is 0 Å². The molecule has 3 N–H and O–H groups in total. The zero-order valence-electron chi connectivity index (χ0n) is 13.3. The maximum atomic E-state index is 5.73. The molecule has 24 heavy (non-hydrogen) atoms. The van der Waals surface area contributed by atoms with Crippen molar-refractivity contribution in [2.75, 3.05) is 11.1 Å². The summed E-state index contributed by atoms with van der Waals surface area (Å²) in [6.07, 6.45) is 1.50. The molecule has 0 fully saturated rings. The highest BCUT2D eigenvalue weighted by molar-refractivity contribution is 5.87. The number of nitrogens with zero attached hydrogens (tertiary/aromatic N) is 3. The Balaban J connectivity index is 1.69. The predicted molar refractivity (Wildman–Crippen MR) is 97.7 cm³/mol. The second-order valence-electron chi connectivity index (χ2n) is 5.80. The van der Waals surface area contributed by atoms with Crippen LogP contribution in [0.3, 0.4) is 0 Å². The highest BCUT2D eigenvalue weighted by atomic mass is 15.1. The summed E-state index contributed by atoms with van der Waals surface area (Å²) in [6, 6.07) is 18.6. The van der Waals surface area contributed by atoms with Crippen LogP contribution in [0.25, 0.3) is 21.8 Å². The maximum Gasteiger partial charge on any atom is 0.166 e. The number of hydrogen-bond acceptors (Lipinski definition) is 5. The van der Waals surface area contributed by atoms with Gasteiger partial charge in [0.25, 0.3) is 0 Å². The summed E-state index contributed by atoms with van der Waals surface area (Å²) in [4.78, 5) is 12.8. The van der Waals surface area contributed by atoms with Crippen molar-refractivity contribution < 1.29 is 0 Å². The molecule has 0 saturated carbocycles. The molecule has 4 rings (SSSR count). The SMILES string of the molecule is C[C@@H](Nc1ncnc2nc(N)ccc12)c1ccc2ccccc2c1. The van der Waals surface area contributed by atoms with E-state index in [-0.39, 0.29) is 6.04 Å². The monoisotopic (exact) mass is 315 g/mol. The lowest BCUT2D eigenvalue weighted by molar-refractivity contribution is 0.877. The van der Waals surface area contributed by atoms with Crippen LogP contribution >= 0.6 is 0 Å². The van der Waals surface area contributed by atoms with Gasteiger partial charge >= 0.3 is 0 Å². The number of hydrogen-bond donors (Lipinski definition) is 2. The van der Waals surface area contributed by atoms with Gasteiger partial charge in [0.1, 0.15) is 18.0 Å². The number of nitrogens with two attached hydrogens (primary N) is 1. The van der Waals surface area contributed by atoms with E-state index in [1.165, 1.54) is 22.7 Å². The first-order valence-corrected chi connectivity index (χ1v) is 7.83. The van der Waals surface area contributed by atoms with E-state index < -0.39 is 0 Å². The zero-order valence-corrected chi connectivity index (χ0v) is 13.3. The summed E-state index contributed by atoms with van der Waals surface area (Å²) in [5.74, 6) is 1.21. The standard InChI is InChI=1S/C19H17N5/c1-12(14-7-6-13-4-2-3-5-15(13)10-14)23-18-16-8-9-17(20)24-19(16)22-11-21-18/h2-12H,1H3,(H3,20,21,22,23,24)/t12-/m1/s1. The molecule has 4 aromatic rings. The van der Waals surface area contributed by atoms with Crippen LogP contribution in [-0.4, -0.2) is 15.0 Å². The summed E-state index contributed by atoms with van der Waals surface area (Å²) >= 11 is 0. The van der Waals surface area contributed by atoms with Crippen molar-refractivity contribution in [3.05, 3.63) is 66.5 Å². The molecule has 5 nitrogen and oxygen atoms in total. The molecule has 0 aliphatic heterocycles. The molecule has 0 bridgehead atoms. The largest absolute Gasteiger partial charge is 0.384 e. The molecule has 0 radical (unpaired) electrons. The number of fused-ring (bicyclic) bond motifs is 2. The van der Waals surface area contributed by atoms with E-state index in [4.69, 9.17) is 5.73 Å². The first kappa shape index (κ1) is 14.4. The summed E-state index contributed by atoms with van der Waals surface area (Å²) in [5, 5.41) is 6.78. The van der Waals surface area contributed by atoms with Gasteiger partial charge in [-0.05, 0) is 41.5 Å². The number of rotatable bonds is 3. The Labute approximate surface area is 139 Å². The lowest BCUT2D eigenvalue weighted by Gasteiger charge is -2.16. The van der Waals surface area contributed by atoms with Crippen LogP contribution in [0.15, 0.2) is 60.9 Å². The van der Waals surface area contributed by atoms with Crippen LogP contribution in [0.2, 0.25) is 0 Å². The molecule has 2 heterocycles. The molecule has 1 atom stereocenters. The van der Waals surface area contributed by atoms with Gasteiger partial charge in [0.05, 0.1) is 5.39 Å². The van der Waals surface area contributed by atoms with E-state index in [9.17, 15) is 0 Å². The van der Waals surface area contributed by atoms with Gasteiger partial charge in [-0.1, -0.05) is 36.4 Å². The van der Waals surface area contributed by atoms with Crippen molar-refractivity contribution in [3.63, 3.8) is 0 Å². The lowest BCUT2D eigenvalue weighted by Crippen LogP contribution is -2.09. The zero-order chi connectivity index (χ0) is 16.5. The van der Waals surface area contributed by atoms with Crippen molar-refractivity contribution in [1.82, 2.24) is 15.0 Å². The van der Waals surface area contributed by atoms with Crippen molar-refractivity contribution in [3.8, 4) is 0 Å². The third-order valence-electron chi connectivity index (χ3n) is 4.15. The van der Waals surface area contributed by atoms with E-state index in [0.717, 1.165) is 11.2 Å². The number of benzene rings is 2. The number of pyridine rings is 1. The van der Waals surface area contributed by atoms with Gasteiger partial charge < -0.3 is 11.1 Å². The van der Waals surface area contributed by atoms with Crippen LogP contribution in [0, 0.1) is 0 Å². The molecule has 5 heteroatoms. The van der Waals surface area contributed by atoms with E-state index in [1.54, 1.807) is 6.07 Å². The maximum absolute atomic E-state index is 5.73. The molecule has 0 saturated heterocycles. The first-order chi connectivity index (χ1) is 11.7. The van der Waals surface area contributed by atoms with E-state index in [0.29, 0.717) is 11.5 Å². The van der Waals surface area contributed by atoms with Crippen molar-refractivity contribution >= 4 is 33.4 Å². The molecule has 2 aromatic carbocycles. The second-order valence-corrected chi connectivity index (χ2v) is 5.80. The van der Waals surface area contributed by atoms with E-state index >= 15 is 0 Å². The Morgan fingerprint density at radius 1 is 0.958 bits per heavy atom. The van der Waals surface area contributed by atoms with Crippen LogP contribution < -0.4 is 11.1 Å². The minimum Gasteiger partial charge on any atom is -0.384 e. The van der Waals surface area contributed by atoms with Crippen LogP contribution in [-0.2, 0) is 0 Å². The molecular formula is C19H17N5. The molecular weight excluding hydrogens is 298 g/mol. The average molecular weight is 315 g/mol. The van der Waals surface area contributed by atoms with Crippen molar-refractivity contribution in [2.24, 2.45) is 0 Å². The summed E-state index contributed by atoms with van der Waals surface area (Å²) in [6.45, 7) is 2.11. The minimum absolute atomic E-state index is 0.102. The third-order valence-corrected chi connectivity index (χ3v) is 4.15. The van der Waals surface area contributed by atoms with Crippen molar-refractivity contribution in [1.29, 1.82) is 0 Å². The smallest absolute Gasteiger partial charge is 0.166 e. The topological polar surface area (TPSA) is 76.7 Å². The van der Waals surface area contributed by atoms with Gasteiger partial charge in [-0.3, -0.25) is 0 Å². The molecule has 118 valence electrons. The first-order valence-electron chi connectivity index (χ1n) is 7.83. The molecule has 2 aromatic heterocycles. The molecule has 0 spiro atoms. The predicted octanol–water partition coefficient (Wildman–Crippen LogP) is 3.93. The highest BCUT2D eigenvalue weighted by Gasteiger charge is 2.10. The Hall–Kier alpha value is -3.21. The van der Waals surface area contributed by atoms with Gasteiger partial charge in [-0.25, -0.2) is 15.0 Å². The van der Waals surface area contributed by atoms with Gasteiger partial charge in [0.15, 0.2) is 5.65 Å². The Bertz CT molecular complexity index is 1030. The third kappa shape index (κ3) is 2.60. The quantitative estimate of drug-likeness (QED) is 0.599. The second kappa shape index (κ2) is 5.77. The number of aromatic nitrogens is 3. The van der Waals surface area contributed by atoms with Gasteiger partial charge in [-0.2, -0.15) is 0 Å². The van der Waals surface area contributed by atoms with Gasteiger partial charge in [0, 0.05) is 6.04 Å². The number of anilines is 2. The fourth-order valence-corrected chi connectivity index (χ4v) is 2.84. The Morgan fingerprint density at radius 3 is 2.67 bits per heavy atom. The highest BCUT2D eigenvalue weighted by Crippen LogP contribution is 2.25.